The van der Waals surface area contributed by atoms with E-state index in [2.05, 4.69) is 54.5 Å². The maximum atomic E-state index is 11.7. The van der Waals surface area contributed by atoms with Crippen LogP contribution in [0.15, 0.2) is 28.4 Å². The molecule has 210 valence electrons. The van der Waals surface area contributed by atoms with Gasteiger partial charge in [0.15, 0.2) is 0 Å². The Labute approximate surface area is 231 Å². The number of fused-ring (bicyclic) bond motifs is 5. The highest BCUT2D eigenvalue weighted by molar-refractivity contribution is 5.50. The Kier molecular flexibility index (Phi) is 5.32. The van der Waals surface area contributed by atoms with E-state index in [1.165, 1.54) is 56.9 Å². The van der Waals surface area contributed by atoms with Crippen LogP contribution in [0.4, 0.5) is 0 Å². The molecular formula is C35H52O3. The Hall–Kier alpha value is -1.06. The second-order valence-electron chi connectivity index (χ2n) is 16.9. The molecule has 4 unspecified atom stereocenters. The van der Waals surface area contributed by atoms with Gasteiger partial charge in [-0.25, -0.2) is 0 Å². The normalized spacial score (nSPS) is 53.5. The van der Waals surface area contributed by atoms with Crippen LogP contribution in [-0.4, -0.2) is 23.9 Å². The highest BCUT2D eigenvalue weighted by Gasteiger charge is 2.73. The molecule has 0 amide bonds. The van der Waals surface area contributed by atoms with E-state index in [9.17, 15) is 5.11 Å². The molecule has 5 saturated carbocycles. The highest BCUT2D eigenvalue weighted by Crippen LogP contribution is 2.78. The van der Waals surface area contributed by atoms with Crippen LogP contribution in [0.2, 0.25) is 0 Å². The zero-order chi connectivity index (χ0) is 26.9. The predicted molar refractivity (Wildman–Crippen MR) is 152 cm³/mol. The van der Waals surface area contributed by atoms with E-state index in [0.29, 0.717) is 39.6 Å². The molecule has 1 saturated heterocycles. The third-order valence-corrected chi connectivity index (χ3v) is 14.8. The Bertz CT molecular complexity index is 1130. The van der Waals surface area contributed by atoms with Crippen molar-refractivity contribution in [3.63, 3.8) is 0 Å². The van der Waals surface area contributed by atoms with Gasteiger partial charge in [0, 0.05) is 0 Å². The van der Waals surface area contributed by atoms with Gasteiger partial charge < -0.3 is 14.3 Å². The Morgan fingerprint density at radius 1 is 0.868 bits per heavy atom. The van der Waals surface area contributed by atoms with Crippen molar-refractivity contribution in [2.24, 2.45) is 56.2 Å². The molecule has 3 heteroatoms. The number of furan rings is 1. The standard InChI is InChI=1S/C35H52O3/c1-30(2)14-16-35-17-15-33(6)24(27(35)29(30)38-21-35)10-11-26-32(5)20-22(19-23-9-8-18-37-23)28(36)31(3,4)25(32)12-13-34(26,33)7/h8-9,18-19,24-29,36H,10-17,20-21H2,1-7H3/t24?,25?,26?,27?,28-,29+,32-,33+,34+,35+/m0/s1. The van der Waals surface area contributed by atoms with Gasteiger partial charge >= 0.3 is 0 Å². The molecule has 0 spiro atoms. The van der Waals surface area contributed by atoms with E-state index in [4.69, 9.17) is 9.15 Å². The summed E-state index contributed by atoms with van der Waals surface area (Å²) in [6.45, 7) is 18.7. The summed E-state index contributed by atoms with van der Waals surface area (Å²) in [5.74, 6) is 3.63. The van der Waals surface area contributed by atoms with Gasteiger partial charge in [0.2, 0.25) is 0 Å². The summed E-state index contributed by atoms with van der Waals surface area (Å²) in [4.78, 5) is 0. The summed E-state index contributed by atoms with van der Waals surface area (Å²) in [6, 6.07) is 3.98. The number of aliphatic hydroxyl groups excluding tert-OH is 1. The monoisotopic (exact) mass is 520 g/mol. The average molecular weight is 521 g/mol. The number of hydrogen-bond donors (Lipinski definition) is 1. The van der Waals surface area contributed by atoms with Crippen LogP contribution in [0, 0.1) is 56.2 Å². The topological polar surface area (TPSA) is 42.6 Å². The third kappa shape index (κ3) is 3.05. The second-order valence-corrected chi connectivity index (χ2v) is 16.9. The van der Waals surface area contributed by atoms with Gasteiger partial charge in [0.05, 0.1) is 25.1 Å². The molecule has 10 atom stereocenters. The maximum Gasteiger partial charge on any atom is 0.126 e. The average Bonchev–Trinajstić information content (AvgIpc) is 3.47. The van der Waals surface area contributed by atoms with E-state index < -0.39 is 6.10 Å². The van der Waals surface area contributed by atoms with Crippen molar-refractivity contribution < 1.29 is 14.3 Å². The minimum atomic E-state index is -0.409. The van der Waals surface area contributed by atoms with Crippen molar-refractivity contribution in [2.75, 3.05) is 6.61 Å². The quantitative estimate of drug-likeness (QED) is 0.403. The Morgan fingerprint density at radius 2 is 1.63 bits per heavy atom. The smallest absolute Gasteiger partial charge is 0.126 e. The highest BCUT2D eigenvalue weighted by atomic mass is 16.5. The van der Waals surface area contributed by atoms with Gasteiger partial charge in [-0.05, 0) is 138 Å². The number of hydrogen-bond acceptors (Lipinski definition) is 3. The summed E-state index contributed by atoms with van der Waals surface area (Å²) < 4.78 is 12.5. The largest absolute Gasteiger partial charge is 0.465 e. The Morgan fingerprint density at radius 3 is 2.37 bits per heavy atom. The number of ether oxygens (including phenoxy) is 1. The first-order chi connectivity index (χ1) is 17.8. The molecule has 1 aliphatic heterocycles. The zero-order valence-electron chi connectivity index (χ0n) is 25.1. The molecule has 2 bridgehead atoms. The van der Waals surface area contributed by atoms with Gasteiger partial charge in [0.25, 0.3) is 0 Å². The van der Waals surface area contributed by atoms with Crippen LogP contribution in [-0.2, 0) is 4.74 Å². The fourth-order valence-corrected chi connectivity index (χ4v) is 12.7. The van der Waals surface area contributed by atoms with E-state index in [1.54, 1.807) is 6.26 Å². The molecule has 0 aromatic carbocycles. The van der Waals surface area contributed by atoms with Crippen molar-refractivity contribution in [2.45, 2.75) is 118 Å². The van der Waals surface area contributed by atoms with Crippen LogP contribution < -0.4 is 0 Å². The minimum Gasteiger partial charge on any atom is -0.465 e. The van der Waals surface area contributed by atoms with E-state index in [1.807, 2.05) is 12.1 Å². The first-order valence-corrected chi connectivity index (χ1v) is 15.8. The lowest BCUT2D eigenvalue weighted by molar-refractivity contribution is -0.245. The molecule has 6 aliphatic rings. The molecule has 0 radical (unpaired) electrons. The molecule has 1 aromatic heterocycles. The van der Waals surface area contributed by atoms with E-state index in [-0.39, 0.29) is 10.8 Å². The van der Waals surface area contributed by atoms with Crippen molar-refractivity contribution in [3.05, 3.63) is 29.7 Å². The van der Waals surface area contributed by atoms with Gasteiger partial charge in [-0.3, -0.25) is 0 Å². The van der Waals surface area contributed by atoms with Gasteiger partial charge in [0.1, 0.15) is 5.76 Å². The van der Waals surface area contributed by atoms with Crippen LogP contribution in [0.1, 0.15) is 112 Å². The van der Waals surface area contributed by atoms with Crippen LogP contribution in [0.3, 0.4) is 0 Å². The lowest BCUT2D eigenvalue weighted by atomic mass is 9.31. The van der Waals surface area contributed by atoms with Crippen molar-refractivity contribution in [1.82, 2.24) is 0 Å². The van der Waals surface area contributed by atoms with Gasteiger partial charge in [-0.2, -0.15) is 0 Å². The van der Waals surface area contributed by atoms with Crippen molar-refractivity contribution in [3.8, 4) is 0 Å². The first-order valence-electron chi connectivity index (χ1n) is 15.8. The molecule has 6 fully saturated rings. The second kappa shape index (κ2) is 7.81. The van der Waals surface area contributed by atoms with Crippen molar-refractivity contribution >= 4 is 6.08 Å². The Balaban J connectivity index is 1.28. The molecule has 38 heavy (non-hydrogen) atoms. The van der Waals surface area contributed by atoms with E-state index >= 15 is 0 Å². The fraction of sp³-hybridized carbons (Fsp3) is 0.829. The summed E-state index contributed by atoms with van der Waals surface area (Å²) in [6.07, 6.45) is 15.6. The van der Waals surface area contributed by atoms with Crippen LogP contribution >= 0.6 is 0 Å². The molecule has 3 nitrogen and oxygen atoms in total. The maximum absolute atomic E-state index is 11.7. The third-order valence-electron chi connectivity index (χ3n) is 14.8. The lowest BCUT2D eigenvalue weighted by Crippen LogP contribution is -2.68. The summed E-state index contributed by atoms with van der Waals surface area (Å²) in [5.41, 5.74) is 2.69. The molecule has 1 aromatic rings. The number of aliphatic hydroxyl groups is 1. The molecule has 1 N–H and O–H groups in total. The first kappa shape index (κ1) is 25.9. The molecular weight excluding hydrogens is 468 g/mol. The SMILES string of the molecule is CC1(C)CC[C@]23CC[C@]4(C)C(CCC5[C@@]6(C)CC(=Cc7ccco7)[C@H](O)C(C)(C)C6CC[C@]54C)C2[C@H]1OC3. The molecule has 2 heterocycles. The number of rotatable bonds is 1. The molecule has 5 aliphatic carbocycles. The minimum absolute atomic E-state index is 0.137. The molecule has 7 rings (SSSR count). The summed E-state index contributed by atoms with van der Waals surface area (Å²) in [5, 5.41) is 11.7. The van der Waals surface area contributed by atoms with Gasteiger partial charge in [-0.1, -0.05) is 48.5 Å². The van der Waals surface area contributed by atoms with Crippen LogP contribution in [0.25, 0.3) is 6.08 Å². The van der Waals surface area contributed by atoms with Crippen LogP contribution in [0.5, 0.6) is 0 Å². The van der Waals surface area contributed by atoms with Crippen molar-refractivity contribution in [1.29, 1.82) is 0 Å². The lowest BCUT2D eigenvalue weighted by Gasteiger charge is -2.73. The summed E-state index contributed by atoms with van der Waals surface area (Å²) >= 11 is 0. The van der Waals surface area contributed by atoms with E-state index in [0.717, 1.165) is 30.6 Å². The summed E-state index contributed by atoms with van der Waals surface area (Å²) in [7, 11) is 0. The zero-order valence-corrected chi connectivity index (χ0v) is 25.1. The predicted octanol–water partition coefficient (Wildman–Crippen LogP) is 8.52. The fourth-order valence-electron chi connectivity index (χ4n) is 12.7. The van der Waals surface area contributed by atoms with Gasteiger partial charge in [-0.15, -0.1) is 0 Å².